The molecule has 1 N–H and O–H groups in total. The number of rotatable bonds is 3. The Morgan fingerprint density at radius 2 is 2.12 bits per heavy atom. The first-order valence-electron chi connectivity index (χ1n) is 5.53. The van der Waals surface area contributed by atoms with E-state index in [1.54, 1.807) is 13.2 Å². The van der Waals surface area contributed by atoms with Crippen LogP contribution >= 0.6 is 0 Å². The van der Waals surface area contributed by atoms with Gasteiger partial charge in [-0.1, -0.05) is 27.7 Å². The number of H-pyrrole nitrogens is 1. The molecule has 1 atom stereocenters. The van der Waals surface area contributed by atoms with E-state index in [2.05, 4.69) is 9.97 Å². The summed E-state index contributed by atoms with van der Waals surface area (Å²) in [7, 11) is 1.62. The van der Waals surface area contributed by atoms with E-state index in [1.807, 2.05) is 27.7 Å². The van der Waals surface area contributed by atoms with Crippen molar-refractivity contribution in [1.29, 1.82) is 0 Å². The largest absolute Gasteiger partial charge is 0.374 e. The van der Waals surface area contributed by atoms with Crippen LogP contribution in [0.4, 0.5) is 0 Å². The molecule has 1 aromatic heterocycles. The van der Waals surface area contributed by atoms with Crippen LogP contribution < -0.4 is 5.56 Å². The maximum Gasteiger partial charge on any atom is 0.251 e. The minimum absolute atomic E-state index is 0.120. The third-order valence-electron chi connectivity index (χ3n) is 2.49. The quantitative estimate of drug-likeness (QED) is 0.856. The number of hydrogen-bond donors (Lipinski definition) is 1. The fourth-order valence-corrected chi connectivity index (χ4v) is 1.48. The number of hydrogen-bond acceptors (Lipinski definition) is 3. The molecule has 0 aliphatic rings. The molecular formula is C12H20N2O2. The van der Waals surface area contributed by atoms with Gasteiger partial charge in [-0.3, -0.25) is 4.79 Å². The van der Waals surface area contributed by atoms with Crippen LogP contribution in [-0.4, -0.2) is 17.1 Å². The second-order valence-corrected chi connectivity index (χ2v) is 4.90. The van der Waals surface area contributed by atoms with Gasteiger partial charge in [0.05, 0.1) is 5.69 Å². The Hall–Kier alpha value is -1.16. The summed E-state index contributed by atoms with van der Waals surface area (Å²) in [6, 6.07) is 1.55. The van der Waals surface area contributed by atoms with Crippen molar-refractivity contribution in [1.82, 2.24) is 9.97 Å². The molecule has 0 fully saturated rings. The number of aromatic amines is 1. The maximum absolute atomic E-state index is 11.5. The molecule has 0 aromatic carbocycles. The molecule has 1 aromatic rings. The Kier molecular flexibility index (Phi) is 3.86. The number of aromatic nitrogens is 2. The summed E-state index contributed by atoms with van der Waals surface area (Å²) in [5.41, 5.74) is 0.543. The van der Waals surface area contributed by atoms with Gasteiger partial charge in [0.15, 0.2) is 0 Å². The lowest BCUT2D eigenvalue weighted by Crippen LogP contribution is -2.22. The van der Waals surface area contributed by atoms with Gasteiger partial charge in [0.2, 0.25) is 0 Å². The van der Waals surface area contributed by atoms with E-state index >= 15 is 0 Å². The summed E-state index contributed by atoms with van der Waals surface area (Å²) in [4.78, 5) is 18.7. The summed E-state index contributed by atoms with van der Waals surface area (Å²) in [6.45, 7) is 8.10. The van der Waals surface area contributed by atoms with Crippen LogP contribution in [0.2, 0.25) is 0 Å². The van der Waals surface area contributed by atoms with Gasteiger partial charge in [-0.2, -0.15) is 0 Å². The summed E-state index contributed by atoms with van der Waals surface area (Å²) in [5.74, 6) is 0.613. The van der Waals surface area contributed by atoms with Gasteiger partial charge >= 0.3 is 0 Å². The highest BCUT2D eigenvalue weighted by Crippen LogP contribution is 2.21. The second-order valence-electron chi connectivity index (χ2n) is 4.90. The molecule has 0 amide bonds. The van der Waals surface area contributed by atoms with Crippen LogP contribution in [0.3, 0.4) is 0 Å². The summed E-state index contributed by atoms with van der Waals surface area (Å²) >= 11 is 0. The van der Waals surface area contributed by atoms with Crippen molar-refractivity contribution in [2.45, 2.75) is 45.6 Å². The van der Waals surface area contributed by atoms with Gasteiger partial charge in [0.25, 0.3) is 5.56 Å². The summed E-state index contributed by atoms with van der Waals surface area (Å²) in [6.07, 6.45) is 0.641. The summed E-state index contributed by atoms with van der Waals surface area (Å²) < 4.78 is 5.28. The third-order valence-corrected chi connectivity index (χ3v) is 2.49. The number of nitrogens with zero attached hydrogens (tertiary/aromatic N) is 1. The Morgan fingerprint density at radius 3 is 2.56 bits per heavy atom. The lowest BCUT2D eigenvalue weighted by molar-refractivity contribution is 0.0919. The van der Waals surface area contributed by atoms with Gasteiger partial charge in [0.1, 0.15) is 11.9 Å². The molecule has 0 bridgehead atoms. The van der Waals surface area contributed by atoms with Crippen LogP contribution in [-0.2, 0) is 10.2 Å². The lowest BCUT2D eigenvalue weighted by atomic mass is 9.92. The van der Waals surface area contributed by atoms with Crippen LogP contribution in [0.25, 0.3) is 0 Å². The fourth-order valence-electron chi connectivity index (χ4n) is 1.48. The predicted octanol–water partition coefficient (Wildman–Crippen LogP) is 2.16. The van der Waals surface area contributed by atoms with Crippen molar-refractivity contribution in [2.24, 2.45) is 0 Å². The van der Waals surface area contributed by atoms with Crippen molar-refractivity contribution in [3.05, 3.63) is 27.9 Å². The van der Waals surface area contributed by atoms with Crippen LogP contribution in [0.5, 0.6) is 0 Å². The normalized spacial score (nSPS) is 13.8. The molecule has 0 aliphatic heterocycles. The molecule has 0 saturated heterocycles. The Balaban J connectivity index is 3.23. The monoisotopic (exact) mass is 224 g/mol. The van der Waals surface area contributed by atoms with E-state index in [1.165, 1.54) is 0 Å². The number of methoxy groups -OCH3 is 1. The van der Waals surface area contributed by atoms with E-state index in [0.717, 1.165) is 12.1 Å². The minimum atomic E-state index is -0.144. The first-order chi connectivity index (χ1) is 7.38. The standard InChI is InChI=1S/C12H20N2O2/c1-6-8(16-5)11-13-9(12(2,3)4)7-10(15)14-11/h7-8H,6H2,1-5H3,(H,13,14,15). The first kappa shape index (κ1) is 12.9. The SMILES string of the molecule is CCC(OC)c1nc(C(C)(C)C)cc(=O)[nH]1. The molecule has 0 spiro atoms. The molecule has 0 radical (unpaired) electrons. The molecular weight excluding hydrogens is 204 g/mol. The van der Waals surface area contributed by atoms with Crippen molar-refractivity contribution >= 4 is 0 Å². The van der Waals surface area contributed by atoms with E-state index in [0.29, 0.717) is 5.82 Å². The van der Waals surface area contributed by atoms with E-state index in [9.17, 15) is 4.79 Å². The molecule has 16 heavy (non-hydrogen) atoms. The zero-order valence-corrected chi connectivity index (χ0v) is 10.6. The average molecular weight is 224 g/mol. The Morgan fingerprint density at radius 1 is 1.50 bits per heavy atom. The highest BCUT2D eigenvalue weighted by molar-refractivity contribution is 5.13. The topological polar surface area (TPSA) is 55.0 Å². The van der Waals surface area contributed by atoms with Crippen molar-refractivity contribution in [3.8, 4) is 0 Å². The van der Waals surface area contributed by atoms with Crippen LogP contribution in [0.1, 0.15) is 51.7 Å². The van der Waals surface area contributed by atoms with E-state index < -0.39 is 0 Å². The van der Waals surface area contributed by atoms with Gasteiger partial charge in [-0.05, 0) is 6.42 Å². The van der Waals surface area contributed by atoms with Crippen molar-refractivity contribution in [3.63, 3.8) is 0 Å². The molecule has 1 unspecified atom stereocenters. The highest BCUT2D eigenvalue weighted by atomic mass is 16.5. The first-order valence-corrected chi connectivity index (χ1v) is 5.53. The number of nitrogens with one attached hydrogen (secondary N) is 1. The molecule has 1 rings (SSSR count). The van der Waals surface area contributed by atoms with Crippen LogP contribution in [0.15, 0.2) is 10.9 Å². The van der Waals surface area contributed by atoms with Crippen LogP contribution in [0, 0.1) is 0 Å². The second kappa shape index (κ2) is 4.78. The molecule has 90 valence electrons. The fraction of sp³-hybridized carbons (Fsp3) is 0.667. The predicted molar refractivity (Wildman–Crippen MR) is 63.6 cm³/mol. The zero-order valence-electron chi connectivity index (χ0n) is 10.6. The molecule has 0 aliphatic carbocycles. The van der Waals surface area contributed by atoms with Gasteiger partial charge in [0, 0.05) is 18.6 Å². The lowest BCUT2D eigenvalue weighted by Gasteiger charge is -2.19. The Labute approximate surface area is 96.1 Å². The van der Waals surface area contributed by atoms with Gasteiger partial charge in [-0.15, -0.1) is 0 Å². The van der Waals surface area contributed by atoms with Crippen molar-refractivity contribution < 1.29 is 4.74 Å². The molecule has 1 heterocycles. The molecule has 4 nitrogen and oxygen atoms in total. The molecule has 4 heteroatoms. The summed E-state index contributed by atoms with van der Waals surface area (Å²) in [5, 5.41) is 0. The third kappa shape index (κ3) is 2.92. The Bertz CT molecular complexity index is 400. The van der Waals surface area contributed by atoms with Gasteiger partial charge in [-0.25, -0.2) is 4.98 Å². The molecule has 0 saturated carbocycles. The maximum atomic E-state index is 11.5. The smallest absolute Gasteiger partial charge is 0.251 e. The van der Waals surface area contributed by atoms with E-state index in [4.69, 9.17) is 4.74 Å². The number of ether oxygens (including phenoxy) is 1. The minimum Gasteiger partial charge on any atom is -0.374 e. The highest BCUT2D eigenvalue weighted by Gasteiger charge is 2.19. The van der Waals surface area contributed by atoms with Crippen molar-refractivity contribution in [2.75, 3.05) is 7.11 Å². The van der Waals surface area contributed by atoms with E-state index in [-0.39, 0.29) is 17.1 Å². The zero-order chi connectivity index (χ0) is 12.3. The average Bonchev–Trinajstić information content (AvgIpc) is 2.17. The van der Waals surface area contributed by atoms with Gasteiger partial charge < -0.3 is 9.72 Å².